The van der Waals surface area contributed by atoms with Crippen molar-refractivity contribution in [3.63, 3.8) is 0 Å². The highest BCUT2D eigenvalue weighted by Crippen LogP contribution is 2.42. The number of hydrogen-bond donors (Lipinski definition) is 1. The summed E-state index contributed by atoms with van der Waals surface area (Å²) in [7, 11) is 1.29. The summed E-state index contributed by atoms with van der Waals surface area (Å²) in [4.78, 5) is 24.7. The zero-order chi connectivity index (χ0) is 19.6. The highest BCUT2D eigenvalue weighted by molar-refractivity contribution is 7.10. The Labute approximate surface area is 161 Å². The molecule has 2 heterocycles. The molecule has 0 aliphatic carbocycles. The molecule has 0 saturated carbocycles. The van der Waals surface area contributed by atoms with Crippen molar-refractivity contribution >= 4 is 17.3 Å². The van der Waals surface area contributed by atoms with Crippen molar-refractivity contribution in [2.75, 3.05) is 7.11 Å². The molecular formula is C20H20N2O4S. The fourth-order valence-electron chi connectivity index (χ4n) is 3.42. The van der Waals surface area contributed by atoms with Gasteiger partial charge in [-0.3, -0.25) is 10.1 Å². The summed E-state index contributed by atoms with van der Waals surface area (Å²) in [6.07, 6.45) is 0.640. The Balaban J connectivity index is 2.13. The van der Waals surface area contributed by atoms with Crippen LogP contribution in [0.4, 0.5) is 0 Å². The Kier molecular flexibility index (Phi) is 5.41. The molecule has 140 valence electrons. The first-order chi connectivity index (χ1) is 12.9. The van der Waals surface area contributed by atoms with Crippen molar-refractivity contribution in [3.8, 4) is 0 Å². The summed E-state index contributed by atoms with van der Waals surface area (Å²) in [5, 5.41) is 16.7. The van der Waals surface area contributed by atoms with Gasteiger partial charge in [-0.05, 0) is 42.8 Å². The number of nitro groups is 1. The lowest BCUT2D eigenvalue weighted by molar-refractivity contribution is -0.430. The number of esters is 1. The van der Waals surface area contributed by atoms with Crippen LogP contribution < -0.4 is 5.32 Å². The fourth-order valence-corrected chi connectivity index (χ4v) is 4.46. The van der Waals surface area contributed by atoms with E-state index in [1.54, 1.807) is 13.8 Å². The highest BCUT2D eigenvalue weighted by Gasteiger charge is 2.42. The molecule has 0 saturated heterocycles. The van der Waals surface area contributed by atoms with Gasteiger partial charge < -0.3 is 10.1 Å². The number of hydrogen-bond acceptors (Lipinski definition) is 6. The number of methoxy groups -OCH3 is 1. The molecule has 0 spiro atoms. The van der Waals surface area contributed by atoms with Gasteiger partial charge in [-0.1, -0.05) is 30.3 Å². The summed E-state index contributed by atoms with van der Waals surface area (Å²) in [5.74, 6) is -1.32. The van der Waals surface area contributed by atoms with E-state index >= 15 is 0 Å². The van der Waals surface area contributed by atoms with E-state index in [-0.39, 0.29) is 11.3 Å². The maximum absolute atomic E-state index is 12.5. The lowest BCUT2D eigenvalue weighted by atomic mass is 9.86. The van der Waals surface area contributed by atoms with E-state index < -0.39 is 16.8 Å². The zero-order valence-electron chi connectivity index (χ0n) is 15.3. The second kappa shape index (κ2) is 7.75. The van der Waals surface area contributed by atoms with E-state index in [0.29, 0.717) is 17.8 Å². The standard InChI is InChI=1S/C20H20N2O4S/c1-12-16(20(23)26-3)17(18(22(24)25)13(2)21-12)19-15(9-10-27-19)11-14-7-5-4-6-8-14/h4-10,17,21H,11H2,1-3H3. The molecule has 1 unspecified atom stereocenters. The third-order valence-corrected chi connectivity index (χ3v) is 5.63. The Bertz CT molecular complexity index is 944. The minimum atomic E-state index is -0.757. The number of nitrogens with zero attached hydrogens (tertiary/aromatic N) is 1. The molecule has 2 aromatic rings. The second-order valence-corrected chi connectivity index (χ2v) is 7.28. The van der Waals surface area contributed by atoms with Crippen LogP contribution in [0, 0.1) is 10.1 Å². The van der Waals surface area contributed by atoms with Crippen LogP contribution >= 0.6 is 11.3 Å². The minimum absolute atomic E-state index is 0.0160. The van der Waals surface area contributed by atoms with Gasteiger partial charge in [0.2, 0.25) is 0 Å². The van der Waals surface area contributed by atoms with Crippen LogP contribution in [0.2, 0.25) is 0 Å². The average Bonchev–Trinajstić information content (AvgIpc) is 3.08. The molecule has 7 heteroatoms. The number of thiophene rings is 1. The van der Waals surface area contributed by atoms with Gasteiger partial charge in [-0.15, -0.1) is 11.3 Å². The SMILES string of the molecule is COC(=O)C1=C(C)NC(C)=C([N+](=O)[O-])C1c1sccc1Cc1ccccc1. The highest BCUT2D eigenvalue weighted by atomic mass is 32.1. The maximum atomic E-state index is 12.5. The van der Waals surface area contributed by atoms with Crippen LogP contribution in [-0.4, -0.2) is 18.0 Å². The van der Waals surface area contributed by atoms with Gasteiger partial charge in [0.25, 0.3) is 5.70 Å². The normalized spacial score (nSPS) is 16.9. The first kappa shape index (κ1) is 18.8. The molecule has 1 N–H and O–H groups in total. The van der Waals surface area contributed by atoms with E-state index in [0.717, 1.165) is 16.0 Å². The molecule has 27 heavy (non-hydrogen) atoms. The van der Waals surface area contributed by atoms with Crippen molar-refractivity contribution in [1.29, 1.82) is 0 Å². The Morgan fingerprint density at radius 3 is 2.56 bits per heavy atom. The van der Waals surface area contributed by atoms with Crippen LogP contribution in [0.15, 0.2) is 64.4 Å². The van der Waals surface area contributed by atoms with Crippen LogP contribution in [0.25, 0.3) is 0 Å². The quantitative estimate of drug-likeness (QED) is 0.479. The van der Waals surface area contributed by atoms with E-state index in [1.807, 2.05) is 41.8 Å². The van der Waals surface area contributed by atoms with Crippen molar-refractivity contribution in [2.45, 2.75) is 26.2 Å². The summed E-state index contributed by atoms with van der Waals surface area (Å²) in [6, 6.07) is 11.9. The molecule has 1 aromatic heterocycles. The van der Waals surface area contributed by atoms with E-state index in [1.165, 1.54) is 18.4 Å². The molecule has 1 aliphatic rings. The topological polar surface area (TPSA) is 81.5 Å². The fraction of sp³-hybridized carbons (Fsp3) is 0.250. The molecule has 0 bridgehead atoms. The van der Waals surface area contributed by atoms with Crippen LogP contribution in [-0.2, 0) is 16.0 Å². The van der Waals surface area contributed by atoms with E-state index in [9.17, 15) is 14.9 Å². The molecule has 1 aliphatic heterocycles. The van der Waals surface area contributed by atoms with Gasteiger partial charge in [0, 0.05) is 10.6 Å². The third kappa shape index (κ3) is 3.64. The number of ether oxygens (including phenoxy) is 1. The van der Waals surface area contributed by atoms with E-state index in [2.05, 4.69) is 5.32 Å². The lowest BCUT2D eigenvalue weighted by Crippen LogP contribution is -2.31. The number of benzene rings is 1. The Morgan fingerprint density at radius 1 is 1.22 bits per heavy atom. The molecule has 1 atom stereocenters. The monoisotopic (exact) mass is 384 g/mol. The molecule has 6 nitrogen and oxygen atoms in total. The van der Waals surface area contributed by atoms with Crippen LogP contribution in [0.1, 0.15) is 35.8 Å². The van der Waals surface area contributed by atoms with Crippen molar-refractivity contribution in [3.05, 3.63) is 90.6 Å². The number of carbonyl (C=O) groups is 1. The summed E-state index contributed by atoms with van der Waals surface area (Å²) < 4.78 is 4.93. The first-order valence-electron chi connectivity index (χ1n) is 8.45. The van der Waals surface area contributed by atoms with Gasteiger partial charge in [-0.25, -0.2) is 4.79 Å². The number of allylic oxidation sites excluding steroid dienone is 3. The number of rotatable bonds is 5. The number of dihydropyridines is 1. The smallest absolute Gasteiger partial charge is 0.336 e. The molecule has 0 amide bonds. The second-order valence-electron chi connectivity index (χ2n) is 6.33. The van der Waals surface area contributed by atoms with Crippen molar-refractivity contribution < 1.29 is 14.5 Å². The van der Waals surface area contributed by atoms with Gasteiger partial charge >= 0.3 is 5.97 Å². The molecule has 0 radical (unpaired) electrons. The predicted octanol–water partition coefficient (Wildman–Crippen LogP) is 3.98. The minimum Gasteiger partial charge on any atom is -0.466 e. The van der Waals surface area contributed by atoms with Crippen LogP contribution in [0.5, 0.6) is 0 Å². The summed E-state index contributed by atoms with van der Waals surface area (Å²) >= 11 is 1.42. The predicted molar refractivity (Wildman–Crippen MR) is 104 cm³/mol. The van der Waals surface area contributed by atoms with Crippen LogP contribution in [0.3, 0.4) is 0 Å². The molecule has 0 fully saturated rings. The average molecular weight is 384 g/mol. The van der Waals surface area contributed by atoms with Gasteiger partial charge in [0.15, 0.2) is 0 Å². The van der Waals surface area contributed by atoms with Crippen molar-refractivity contribution in [2.24, 2.45) is 0 Å². The van der Waals surface area contributed by atoms with Gasteiger partial charge in [-0.2, -0.15) is 0 Å². The first-order valence-corrected chi connectivity index (χ1v) is 9.33. The molecular weight excluding hydrogens is 364 g/mol. The van der Waals surface area contributed by atoms with Gasteiger partial charge in [0.05, 0.1) is 23.3 Å². The maximum Gasteiger partial charge on any atom is 0.336 e. The number of carbonyl (C=O) groups excluding carboxylic acids is 1. The molecule has 3 rings (SSSR count). The van der Waals surface area contributed by atoms with Gasteiger partial charge in [0.1, 0.15) is 5.92 Å². The Morgan fingerprint density at radius 2 is 1.93 bits per heavy atom. The summed E-state index contributed by atoms with van der Waals surface area (Å²) in [6.45, 7) is 3.40. The largest absolute Gasteiger partial charge is 0.466 e. The van der Waals surface area contributed by atoms with Crippen molar-refractivity contribution in [1.82, 2.24) is 5.32 Å². The Hall–Kier alpha value is -2.93. The lowest BCUT2D eigenvalue weighted by Gasteiger charge is -2.26. The number of nitrogens with one attached hydrogen (secondary N) is 1. The zero-order valence-corrected chi connectivity index (χ0v) is 16.1. The summed E-state index contributed by atoms with van der Waals surface area (Å²) in [5.41, 5.74) is 3.36. The third-order valence-electron chi connectivity index (χ3n) is 4.61. The van der Waals surface area contributed by atoms with E-state index in [4.69, 9.17) is 4.74 Å². The molecule has 1 aromatic carbocycles.